The summed E-state index contributed by atoms with van der Waals surface area (Å²) in [7, 11) is 0. The van der Waals surface area contributed by atoms with E-state index in [0.717, 1.165) is 5.56 Å². The van der Waals surface area contributed by atoms with Crippen LogP contribution in [0.4, 0.5) is 8.78 Å². The maximum Gasteiger partial charge on any atom is 0.254 e. The molecule has 0 aromatic heterocycles. The van der Waals surface area contributed by atoms with E-state index in [1.807, 2.05) is 0 Å². The van der Waals surface area contributed by atoms with E-state index in [1.165, 1.54) is 30.3 Å². The van der Waals surface area contributed by atoms with Crippen LogP contribution in [-0.2, 0) is 16.0 Å². The van der Waals surface area contributed by atoms with Crippen molar-refractivity contribution in [1.29, 1.82) is 0 Å². The Morgan fingerprint density at radius 1 is 0.786 bits per heavy atom. The Morgan fingerprint density at radius 2 is 1.46 bits per heavy atom. The predicted molar refractivity (Wildman–Crippen MR) is 99.5 cm³/mol. The average Bonchev–Trinajstić information content (AvgIpc) is 2.69. The van der Waals surface area contributed by atoms with Crippen LogP contribution >= 0.6 is 0 Å². The Hall–Kier alpha value is -3.29. The first-order valence-electron chi connectivity index (χ1n) is 8.76. The molecule has 0 bridgehead atoms. The van der Waals surface area contributed by atoms with Crippen LogP contribution < -0.4 is 16.0 Å². The van der Waals surface area contributed by atoms with Crippen molar-refractivity contribution < 1.29 is 23.2 Å². The second-order valence-corrected chi connectivity index (χ2v) is 5.99. The molecular weight excluding hydrogens is 368 g/mol. The van der Waals surface area contributed by atoms with Crippen LogP contribution in [-0.4, -0.2) is 37.4 Å². The molecule has 8 heteroatoms. The first kappa shape index (κ1) is 21.0. The van der Waals surface area contributed by atoms with E-state index in [0.29, 0.717) is 6.42 Å². The highest BCUT2D eigenvalue weighted by Crippen LogP contribution is 2.06. The molecule has 2 aromatic carbocycles. The lowest BCUT2D eigenvalue weighted by molar-refractivity contribution is -0.126. The van der Waals surface area contributed by atoms with Gasteiger partial charge < -0.3 is 16.0 Å². The number of hydrogen-bond acceptors (Lipinski definition) is 3. The zero-order chi connectivity index (χ0) is 20.4. The first-order valence-corrected chi connectivity index (χ1v) is 8.76. The van der Waals surface area contributed by atoms with Gasteiger partial charge in [-0.25, -0.2) is 8.78 Å². The molecule has 6 nitrogen and oxygen atoms in total. The molecule has 0 unspecified atom stereocenters. The second kappa shape index (κ2) is 10.8. The molecule has 0 aliphatic heterocycles. The van der Waals surface area contributed by atoms with Gasteiger partial charge in [-0.05, 0) is 36.2 Å². The van der Waals surface area contributed by atoms with Crippen LogP contribution in [0.1, 0.15) is 22.3 Å². The van der Waals surface area contributed by atoms with Crippen LogP contribution in [0.15, 0.2) is 48.5 Å². The van der Waals surface area contributed by atoms with Gasteiger partial charge in [0.1, 0.15) is 11.6 Å². The minimum Gasteiger partial charge on any atom is -0.353 e. The van der Waals surface area contributed by atoms with Crippen molar-refractivity contribution in [2.75, 3.05) is 19.6 Å². The summed E-state index contributed by atoms with van der Waals surface area (Å²) in [5.74, 6) is -2.23. The van der Waals surface area contributed by atoms with Gasteiger partial charge in [-0.15, -0.1) is 0 Å². The maximum absolute atomic E-state index is 13.5. The fraction of sp³-hybridized carbons (Fsp3) is 0.250. The molecule has 28 heavy (non-hydrogen) atoms. The number of nitrogens with one attached hydrogen (secondary N) is 3. The zero-order valence-corrected chi connectivity index (χ0v) is 15.1. The second-order valence-electron chi connectivity index (χ2n) is 5.99. The van der Waals surface area contributed by atoms with Gasteiger partial charge in [0.15, 0.2) is 0 Å². The van der Waals surface area contributed by atoms with Crippen molar-refractivity contribution >= 4 is 17.7 Å². The number of aryl methyl sites for hydroxylation is 1. The number of carbonyl (C=O) groups is 3. The lowest BCUT2D eigenvalue weighted by atomic mass is 10.1. The van der Waals surface area contributed by atoms with Crippen LogP contribution in [0.3, 0.4) is 0 Å². The summed E-state index contributed by atoms with van der Waals surface area (Å²) in [6.45, 7) is 0.0748. The molecule has 2 aromatic rings. The van der Waals surface area contributed by atoms with Crippen molar-refractivity contribution in [2.45, 2.75) is 12.8 Å². The maximum atomic E-state index is 13.5. The highest BCUT2D eigenvalue weighted by molar-refractivity contribution is 5.94. The lowest BCUT2D eigenvalue weighted by Crippen LogP contribution is -2.40. The van der Waals surface area contributed by atoms with Crippen molar-refractivity contribution in [1.82, 2.24) is 16.0 Å². The van der Waals surface area contributed by atoms with E-state index in [-0.39, 0.29) is 43.3 Å². The molecular formula is C20H21F2N3O3. The summed E-state index contributed by atoms with van der Waals surface area (Å²) < 4.78 is 26.3. The van der Waals surface area contributed by atoms with Crippen LogP contribution in [0, 0.1) is 11.6 Å². The number of amides is 3. The molecule has 0 saturated heterocycles. The molecule has 0 saturated carbocycles. The quantitative estimate of drug-likeness (QED) is 0.569. The highest BCUT2D eigenvalue weighted by Gasteiger charge is 2.10. The Bertz CT molecular complexity index is 826. The van der Waals surface area contributed by atoms with Gasteiger partial charge in [-0.3, -0.25) is 14.4 Å². The largest absolute Gasteiger partial charge is 0.353 e. The Kier molecular flexibility index (Phi) is 8.08. The van der Waals surface area contributed by atoms with Crippen LogP contribution in [0.25, 0.3) is 0 Å². The molecule has 3 N–H and O–H groups in total. The molecule has 0 fully saturated rings. The number of carbonyl (C=O) groups excluding carboxylic acids is 3. The van der Waals surface area contributed by atoms with Crippen molar-refractivity contribution in [2.24, 2.45) is 0 Å². The molecule has 2 rings (SSSR count). The van der Waals surface area contributed by atoms with Gasteiger partial charge in [0.05, 0.1) is 12.1 Å². The number of hydrogen-bond donors (Lipinski definition) is 3. The minimum absolute atomic E-state index is 0.0674. The van der Waals surface area contributed by atoms with E-state index >= 15 is 0 Å². The standard InChI is InChI=1S/C20H21F2N3O3/c21-15-8-5-14(6-9-15)7-10-18(26)25-13-19(27)23-11-12-24-20(28)16-3-1-2-4-17(16)22/h1-6,8-9H,7,10-13H2,(H,23,27)(H,24,28)(H,25,26). The Labute approximate surface area is 161 Å². The molecule has 0 spiro atoms. The summed E-state index contributed by atoms with van der Waals surface area (Å²) in [4.78, 5) is 35.2. The molecule has 0 aliphatic carbocycles. The van der Waals surface area contributed by atoms with Gasteiger partial charge in [0.25, 0.3) is 5.91 Å². The Balaban J connectivity index is 1.58. The highest BCUT2D eigenvalue weighted by atomic mass is 19.1. The van der Waals surface area contributed by atoms with Crippen LogP contribution in [0.2, 0.25) is 0 Å². The normalized spacial score (nSPS) is 10.2. The smallest absolute Gasteiger partial charge is 0.254 e. The van der Waals surface area contributed by atoms with Gasteiger partial charge in [-0.1, -0.05) is 24.3 Å². The summed E-state index contributed by atoms with van der Waals surface area (Å²) in [6.07, 6.45) is 0.618. The summed E-state index contributed by atoms with van der Waals surface area (Å²) in [5.41, 5.74) is 0.758. The average molecular weight is 389 g/mol. The van der Waals surface area contributed by atoms with E-state index < -0.39 is 17.6 Å². The number of rotatable bonds is 9. The minimum atomic E-state index is -0.618. The lowest BCUT2D eigenvalue weighted by Gasteiger charge is -2.09. The third-order valence-electron chi connectivity index (χ3n) is 3.85. The number of benzene rings is 2. The molecule has 0 atom stereocenters. The third kappa shape index (κ3) is 7.14. The number of halogens is 2. The fourth-order valence-corrected chi connectivity index (χ4v) is 2.36. The van der Waals surface area contributed by atoms with Gasteiger partial charge in [0.2, 0.25) is 11.8 Å². The monoisotopic (exact) mass is 389 g/mol. The van der Waals surface area contributed by atoms with Gasteiger partial charge in [-0.2, -0.15) is 0 Å². The molecule has 3 amide bonds. The molecule has 148 valence electrons. The summed E-state index contributed by atoms with van der Waals surface area (Å²) in [6, 6.07) is 11.5. The third-order valence-corrected chi connectivity index (χ3v) is 3.85. The van der Waals surface area contributed by atoms with Gasteiger partial charge in [0, 0.05) is 19.5 Å². The zero-order valence-electron chi connectivity index (χ0n) is 15.1. The molecule has 0 radical (unpaired) electrons. The fourth-order valence-electron chi connectivity index (χ4n) is 2.36. The molecule has 0 heterocycles. The van der Waals surface area contributed by atoms with Crippen LogP contribution in [0.5, 0.6) is 0 Å². The van der Waals surface area contributed by atoms with E-state index in [9.17, 15) is 23.2 Å². The summed E-state index contributed by atoms with van der Waals surface area (Å²) >= 11 is 0. The summed E-state index contributed by atoms with van der Waals surface area (Å²) in [5, 5.41) is 7.52. The van der Waals surface area contributed by atoms with Crippen molar-refractivity contribution in [3.05, 3.63) is 71.3 Å². The van der Waals surface area contributed by atoms with E-state index in [4.69, 9.17) is 0 Å². The van der Waals surface area contributed by atoms with Crippen molar-refractivity contribution in [3.63, 3.8) is 0 Å². The van der Waals surface area contributed by atoms with Gasteiger partial charge >= 0.3 is 0 Å². The predicted octanol–water partition coefficient (Wildman–Crippen LogP) is 1.56. The van der Waals surface area contributed by atoms with E-state index in [2.05, 4.69) is 16.0 Å². The first-order chi connectivity index (χ1) is 13.5. The van der Waals surface area contributed by atoms with Crippen molar-refractivity contribution in [3.8, 4) is 0 Å². The molecule has 0 aliphatic rings. The SMILES string of the molecule is O=C(CCc1ccc(F)cc1)NCC(=O)NCCNC(=O)c1ccccc1F. The topological polar surface area (TPSA) is 87.3 Å². The Morgan fingerprint density at radius 3 is 2.18 bits per heavy atom. The van der Waals surface area contributed by atoms with E-state index in [1.54, 1.807) is 18.2 Å².